The molecule has 0 radical (unpaired) electrons. The van der Waals surface area contributed by atoms with Crippen LogP contribution in [0.4, 0.5) is 0 Å². The van der Waals surface area contributed by atoms with Crippen LogP contribution in [0.15, 0.2) is 12.1 Å². The van der Waals surface area contributed by atoms with Crippen LogP contribution in [-0.2, 0) is 16.0 Å². The Morgan fingerprint density at radius 3 is 2.15 bits per heavy atom. The molecule has 0 aromatic heterocycles. The number of esters is 1. The van der Waals surface area contributed by atoms with Gasteiger partial charge in [0.25, 0.3) is 0 Å². The molecule has 0 spiro atoms. The third-order valence-electron chi connectivity index (χ3n) is 4.54. The first-order valence-corrected chi connectivity index (χ1v) is 9.89. The van der Waals surface area contributed by atoms with Gasteiger partial charge >= 0.3 is 5.97 Å². The number of methoxy groups -OCH3 is 1. The molecule has 27 heavy (non-hydrogen) atoms. The Kier molecular flexibility index (Phi) is 10.6. The summed E-state index contributed by atoms with van der Waals surface area (Å²) < 4.78 is 22.2. The van der Waals surface area contributed by atoms with E-state index < -0.39 is 6.04 Å². The molecule has 6 nitrogen and oxygen atoms in total. The average Bonchev–Trinajstić information content (AvgIpc) is 2.67. The Morgan fingerprint density at radius 2 is 1.59 bits per heavy atom. The van der Waals surface area contributed by atoms with Crippen molar-refractivity contribution in [3.8, 4) is 17.2 Å². The van der Waals surface area contributed by atoms with Crippen molar-refractivity contribution in [3.05, 3.63) is 17.7 Å². The van der Waals surface area contributed by atoms with E-state index >= 15 is 0 Å². The molecule has 0 saturated carbocycles. The van der Waals surface area contributed by atoms with Gasteiger partial charge in [-0.25, -0.2) is 0 Å². The molecule has 0 amide bonds. The van der Waals surface area contributed by atoms with Crippen LogP contribution in [0.2, 0.25) is 0 Å². The molecule has 2 N–H and O–H groups in total. The lowest BCUT2D eigenvalue weighted by Gasteiger charge is -2.22. The molecule has 1 aromatic rings. The van der Waals surface area contributed by atoms with Gasteiger partial charge in [-0.05, 0) is 58.1 Å². The zero-order chi connectivity index (χ0) is 20.2. The molecule has 2 unspecified atom stereocenters. The van der Waals surface area contributed by atoms with Crippen LogP contribution < -0.4 is 19.9 Å². The summed E-state index contributed by atoms with van der Waals surface area (Å²) in [5, 5.41) is 0. The largest absolute Gasteiger partial charge is 0.493 e. The van der Waals surface area contributed by atoms with E-state index in [1.165, 1.54) is 7.11 Å². The first-order chi connectivity index (χ1) is 13.0. The molecule has 0 aliphatic carbocycles. The van der Waals surface area contributed by atoms with Crippen LogP contribution in [0.3, 0.4) is 0 Å². The van der Waals surface area contributed by atoms with Gasteiger partial charge in [0.1, 0.15) is 11.8 Å². The van der Waals surface area contributed by atoms with Crippen LogP contribution in [0.25, 0.3) is 0 Å². The van der Waals surface area contributed by atoms with Gasteiger partial charge < -0.3 is 24.7 Å². The standard InChI is InChI=1S/C21H35NO5/c1-6-15(14-17(22)21(23)24-5)10-11-16-18(25-7-2)12-13-19(26-8-3)20(16)27-9-4/h12-13,15,17H,6-11,14,22H2,1-5H3. The van der Waals surface area contributed by atoms with Crippen molar-refractivity contribution < 1.29 is 23.7 Å². The van der Waals surface area contributed by atoms with Gasteiger partial charge in [-0.2, -0.15) is 0 Å². The van der Waals surface area contributed by atoms with Gasteiger partial charge in [0.15, 0.2) is 11.5 Å². The highest BCUT2D eigenvalue weighted by molar-refractivity contribution is 5.75. The number of carbonyl (C=O) groups is 1. The number of carbonyl (C=O) groups excluding carboxylic acids is 1. The second-order valence-electron chi connectivity index (χ2n) is 6.35. The van der Waals surface area contributed by atoms with Crippen molar-refractivity contribution in [1.82, 2.24) is 0 Å². The Labute approximate surface area is 163 Å². The van der Waals surface area contributed by atoms with Crippen LogP contribution in [0.5, 0.6) is 17.2 Å². The molecule has 0 saturated heterocycles. The van der Waals surface area contributed by atoms with E-state index in [1.54, 1.807) is 0 Å². The average molecular weight is 382 g/mol. The topological polar surface area (TPSA) is 80.0 Å². The fourth-order valence-corrected chi connectivity index (χ4v) is 3.13. The number of hydrogen-bond acceptors (Lipinski definition) is 6. The second kappa shape index (κ2) is 12.4. The summed E-state index contributed by atoms with van der Waals surface area (Å²) in [6.45, 7) is 9.68. The molecule has 0 aliphatic rings. The number of benzene rings is 1. The predicted molar refractivity (Wildman–Crippen MR) is 107 cm³/mol. The van der Waals surface area contributed by atoms with Crippen molar-refractivity contribution in [2.45, 2.75) is 59.4 Å². The fraction of sp³-hybridized carbons (Fsp3) is 0.667. The molecule has 154 valence electrons. The van der Waals surface area contributed by atoms with Gasteiger partial charge in [-0.1, -0.05) is 13.3 Å². The number of ether oxygens (including phenoxy) is 4. The predicted octanol–water partition coefficient (Wildman–Crippen LogP) is 3.73. The Bertz CT molecular complexity index is 576. The summed E-state index contributed by atoms with van der Waals surface area (Å²) in [7, 11) is 1.37. The Morgan fingerprint density at radius 1 is 1.00 bits per heavy atom. The minimum absolute atomic E-state index is 0.304. The maximum Gasteiger partial charge on any atom is 0.322 e. The normalized spacial score (nSPS) is 13.0. The molecule has 2 atom stereocenters. The first kappa shape index (κ1) is 23.1. The van der Waals surface area contributed by atoms with Gasteiger partial charge in [-0.3, -0.25) is 4.79 Å². The number of rotatable bonds is 13. The van der Waals surface area contributed by atoms with Crippen molar-refractivity contribution in [2.24, 2.45) is 11.7 Å². The number of hydrogen-bond donors (Lipinski definition) is 1. The first-order valence-electron chi connectivity index (χ1n) is 9.89. The monoisotopic (exact) mass is 381 g/mol. The van der Waals surface area contributed by atoms with E-state index in [-0.39, 0.29) is 5.97 Å². The molecule has 0 fully saturated rings. The maximum atomic E-state index is 11.6. The van der Waals surface area contributed by atoms with Crippen LogP contribution in [0.1, 0.15) is 52.5 Å². The molecular formula is C21H35NO5. The van der Waals surface area contributed by atoms with E-state index in [9.17, 15) is 4.79 Å². The summed E-state index contributed by atoms with van der Waals surface area (Å²) in [5.74, 6) is 2.24. The molecular weight excluding hydrogens is 346 g/mol. The fourth-order valence-electron chi connectivity index (χ4n) is 3.13. The van der Waals surface area contributed by atoms with Crippen molar-refractivity contribution in [2.75, 3.05) is 26.9 Å². The molecule has 1 aromatic carbocycles. The zero-order valence-electron chi connectivity index (χ0n) is 17.4. The molecule has 0 bridgehead atoms. The van der Waals surface area contributed by atoms with Gasteiger partial charge in [0, 0.05) is 5.56 Å². The lowest BCUT2D eigenvalue weighted by Crippen LogP contribution is -2.33. The SMILES string of the molecule is CCOc1ccc(OCC)c(OCC)c1CCC(CC)CC(N)C(=O)OC. The summed E-state index contributed by atoms with van der Waals surface area (Å²) in [4.78, 5) is 11.6. The summed E-state index contributed by atoms with van der Waals surface area (Å²) >= 11 is 0. The van der Waals surface area contributed by atoms with Crippen molar-refractivity contribution in [3.63, 3.8) is 0 Å². The summed E-state index contributed by atoms with van der Waals surface area (Å²) in [6, 6.07) is 3.24. The van der Waals surface area contributed by atoms with Gasteiger partial charge in [0.05, 0.1) is 26.9 Å². The van der Waals surface area contributed by atoms with Gasteiger partial charge in [-0.15, -0.1) is 0 Å². The van der Waals surface area contributed by atoms with E-state index in [0.717, 1.165) is 42.1 Å². The Balaban J connectivity index is 3.03. The minimum atomic E-state index is -0.590. The van der Waals surface area contributed by atoms with E-state index in [0.29, 0.717) is 32.2 Å². The highest BCUT2D eigenvalue weighted by Crippen LogP contribution is 2.39. The minimum Gasteiger partial charge on any atom is -0.493 e. The maximum absolute atomic E-state index is 11.6. The highest BCUT2D eigenvalue weighted by atomic mass is 16.5. The molecule has 0 heterocycles. The smallest absolute Gasteiger partial charge is 0.322 e. The number of nitrogens with two attached hydrogens (primary N) is 1. The third-order valence-corrected chi connectivity index (χ3v) is 4.54. The third kappa shape index (κ3) is 6.94. The van der Waals surface area contributed by atoms with E-state index in [1.807, 2.05) is 32.9 Å². The lowest BCUT2D eigenvalue weighted by molar-refractivity contribution is -0.142. The lowest BCUT2D eigenvalue weighted by atomic mass is 9.90. The summed E-state index contributed by atoms with van der Waals surface area (Å²) in [6.07, 6.45) is 3.17. The van der Waals surface area contributed by atoms with E-state index in [2.05, 4.69) is 6.92 Å². The molecule has 0 aliphatic heterocycles. The van der Waals surface area contributed by atoms with E-state index in [4.69, 9.17) is 24.7 Å². The highest BCUT2D eigenvalue weighted by Gasteiger charge is 2.22. The zero-order valence-corrected chi connectivity index (χ0v) is 17.4. The second-order valence-corrected chi connectivity index (χ2v) is 6.35. The summed E-state index contributed by atoms with van der Waals surface area (Å²) in [5.41, 5.74) is 6.96. The van der Waals surface area contributed by atoms with Crippen molar-refractivity contribution >= 4 is 5.97 Å². The molecule has 6 heteroatoms. The van der Waals surface area contributed by atoms with Crippen LogP contribution >= 0.6 is 0 Å². The Hall–Kier alpha value is -1.95. The molecule has 1 rings (SSSR count). The van der Waals surface area contributed by atoms with Crippen LogP contribution in [0, 0.1) is 5.92 Å². The van der Waals surface area contributed by atoms with Crippen LogP contribution in [-0.4, -0.2) is 38.9 Å². The quantitative estimate of drug-likeness (QED) is 0.525. The van der Waals surface area contributed by atoms with Gasteiger partial charge in [0.2, 0.25) is 0 Å². The van der Waals surface area contributed by atoms with Crippen molar-refractivity contribution in [1.29, 1.82) is 0 Å².